The van der Waals surface area contributed by atoms with Gasteiger partial charge in [-0.3, -0.25) is 0 Å². The summed E-state index contributed by atoms with van der Waals surface area (Å²) >= 11 is 0. The molecule has 1 nitrogen and oxygen atoms in total. The molecule has 0 aromatic carbocycles. The molecule has 0 rings (SSSR count). The van der Waals surface area contributed by atoms with E-state index in [-0.39, 0.29) is 35.6 Å². The minimum atomic E-state index is -4.13. The average molecular weight is 180 g/mol. The van der Waals surface area contributed by atoms with E-state index >= 15 is 0 Å². The average Bonchev–Trinajstić information content (AvgIpc) is 1.59. The van der Waals surface area contributed by atoms with Gasteiger partial charge in [0.05, 0.1) is 0 Å². The molecule has 0 amide bonds. The van der Waals surface area contributed by atoms with E-state index in [1.54, 1.807) is 0 Å². The maximum Gasteiger partial charge on any atom is 1.00 e. The van der Waals surface area contributed by atoms with Crippen LogP contribution in [-0.2, 0) is 0 Å². The summed E-state index contributed by atoms with van der Waals surface area (Å²) in [5.74, 6) is 0. The van der Waals surface area contributed by atoms with Gasteiger partial charge in [0.25, 0.3) is 0 Å². The van der Waals surface area contributed by atoms with E-state index in [0.29, 0.717) is 0 Å². The van der Waals surface area contributed by atoms with Crippen LogP contribution in [0.1, 0.15) is 6.42 Å². The minimum absolute atomic E-state index is 0. The molecule has 1 unspecified atom stereocenters. The van der Waals surface area contributed by atoms with Crippen molar-refractivity contribution < 1.29 is 47.5 Å². The van der Waals surface area contributed by atoms with Crippen LogP contribution in [0, 0.1) is 0 Å². The molecular formula is C4H8F3NaOSi. The SMILES string of the molecule is C[SiH]([O-])CCC(F)(F)F.[Na+]. The Labute approximate surface area is 81.6 Å². The number of alkyl halides is 3. The van der Waals surface area contributed by atoms with Crippen molar-refractivity contribution in [3.8, 4) is 0 Å². The van der Waals surface area contributed by atoms with Gasteiger partial charge in [0.15, 0.2) is 0 Å². The molecule has 6 heteroatoms. The summed E-state index contributed by atoms with van der Waals surface area (Å²) in [5, 5.41) is 0. The topological polar surface area (TPSA) is 23.1 Å². The van der Waals surface area contributed by atoms with Crippen molar-refractivity contribution in [2.24, 2.45) is 0 Å². The summed E-state index contributed by atoms with van der Waals surface area (Å²) in [6.07, 6.45) is -5.03. The quantitative estimate of drug-likeness (QED) is 0.437. The zero-order chi connectivity index (χ0) is 7.49. The van der Waals surface area contributed by atoms with E-state index in [2.05, 4.69) is 0 Å². The monoisotopic (exact) mass is 180 g/mol. The van der Waals surface area contributed by atoms with Crippen molar-refractivity contribution in [1.82, 2.24) is 0 Å². The zero-order valence-corrected chi connectivity index (χ0v) is 9.19. The van der Waals surface area contributed by atoms with Gasteiger partial charge in [-0.1, -0.05) is 21.6 Å². The van der Waals surface area contributed by atoms with Gasteiger partial charge in [-0.25, -0.2) is 0 Å². The molecular weight excluding hydrogens is 172 g/mol. The Morgan fingerprint density at radius 2 is 1.80 bits per heavy atom. The van der Waals surface area contributed by atoms with Gasteiger partial charge in [-0.15, -0.1) is 0 Å². The Morgan fingerprint density at radius 3 is 1.90 bits per heavy atom. The van der Waals surface area contributed by atoms with Crippen LogP contribution in [0.15, 0.2) is 0 Å². The van der Waals surface area contributed by atoms with Gasteiger partial charge in [0.1, 0.15) is 0 Å². The van der Waals surface area contributed by atoms with Gasteiger partial charge in [-0.2, -0.15) is 13.2 Å². The van der Waals surface area contributed by atoms with E-state index in [9.17, 15) is 18.0 Å². The fourth-order valence-electron chi connectivity index (χ4n) is 0.367. The van der Waals surface area contributed by atoms with E-state index in [4.69, 9.17) is 0 Å². The molecule has 0 heterocycles. The summed E-state index contributed by atoms with van der Waals surface area (Å²) in [6.45, 7) is 1.37. The predicted molar refractivity (Wildman–Crippen MR) is 28.5 cm³/mol. The molecule has 0 saturated heterocycles. The Hall–Kier alpha value is 0.967. The van der Waals surface area contributed by atoms with Crippen molar-refractivity contribution >= 4 is 9.04 Å². The molecule has 0 fully saturated rings. The Morgan fingerprint density at radius 1 is 1.40 bits per heavy atom. The fraction of sp³-hybridized carbons (Fsp3) is 1.00. The fourth-order valence-corrected chi connectivity index (χ4v) is 1.10. The van der Waals surface area contributed by atoms with Gasteiger partial charge in [0, 0.05) is 6.42 Å². The molecule has 0 aromatic rings. The Bertz CT molecular complexity index is 85.1. The zero-order valence-electron chi connectivity index (χ0n) is 6.03. The molecule has 1 atom stereocenters. The molecule has 10 heavy (non-hydrogen) atoms. The van der Waals surface area contributed by atoms with Gasteiger partial charge < -0.3 is 4.80 Å². The van der Waals surface area contributed by atoms with Crippen LogP contribution in [0.4, 0.5) is 13.2 Å². The Balaban J connectivity index is 0. The van der Waals surface area contributed by atoms with Crippen molar-refractivity contribution in [2.45, 2.75) is 25.2 Å². The molecule has 0 bridgehead atoms. The van der Waals surface area contributed by atoms with Crippen molar-refractivity contribution in [3.05, 3.63) is 0 Å². The summed E-state index contributed by atoms with van der Waals surface area (Å²) in [4.78, 5) is 10.2. The van der Waals surface area contributed by atoms with Crippen LogP contribution in [0.3, 0.4) is 0 Å². The predicted octanol–water partition coefficient (Wildman–Crippen LogP) is -2.34. The van der Waals surface area contributed by atoms with E-state index in [1.165, 1.54) is 6.55 Å². The molecule has 0 saturated carbocycles. The third-order valence-electron chi connectivity index (χ3n) is 0.834. The van der Waals surface area contributed by atoms with E-state index < -0.39 is 21.6 Å². The third-order valence-corrected chi connectivity index (χ3v) is 1.94. The second-order valence-electron chi connectivity index (χ2n) is 1.96. The second kappa shape index (κ2) is 5.60. The van der Waals surface area contributed by atoms with Crippen LogP contribution < -0.4 is 34.4 Å². The molecule has 0 aliphatic rings. The number of hydrogen-bond donors (Lipinski definition) is 0. The standard InChI is InChI=1S/C4H8F3OSi.Na/c1-9(8)3-2-4(5,6)7;/h9H,2-3H2,1H3;/q-1;+1. The smallest absolute Gasteiger partial charge is 0.861 e. The van der Waals surface area contributed by atoms with E-state index in [1.807, 2.05) is 0 Å². The molecule has 0 aromatic heterocycles. The van der Waals surface area contributed by atoms with Crippen LogP contribution in [0.2, 0.25) is 12.6 Å². The molecule has 56 valence electrons. The minimum Gasteiger partial charge on any atom is -0.861 e. The van der Waals surface area contributed by atoms with Crippen molar-refractivity contribution in [1.29, 1.82) is 0 Å². The Kier molecular flexibility index (Phi) is 7.58. The van der Waals surface area contributed by atoms with Crippen molar-refractivity contribution in [2.75, 3.05) is 0 Å². The molecule has 0 aliphatic carbocycles. The van der Waals surface area contributed by atoms with Gasteiger partial charge in [-0.05, 0) is 0 Å². The summed E-state index contributed by atoms with van der Waals surface area (Å²) < 4.78 is 33.9. The number of halogens is 3. The van der Waals surface area contributed by atoms with Crippen molar-refractivity contribution in [3.63, 3.8) is 0 Å². The first kappa shape index (κ1) is 13.5. The van der Waals surface area contributed by atoms with Crippen LogP contribution in [-0.4, -0.2) is 15.2 Å². The van der Waals surface area contributed by atoms with Gasteiger partial charge in [0.2, 0.25) is 0 Å². The molecule has 0 N–H and O–H groups in total. The van der Waals surface area contributed by atoms with Crippen LogP contribution in [0.5, 0.6) is 0 Å². The van der Waals surface area contributed by atoms with Crippen LogP contribution in [0.25, 0.3) is 0 Å². The summed E-state index contributed by atoms with van der Waals surface area (Å²) in [6, 6.07) is -0.177. The maximum atomic E-state index is 11.3. The first-order chi connectivity index (χ1) is 3.92. The first-order valence-corrected chi connectivity index (χ1v) is 5.08. The summed E-state index contributed by atoms with van der Waals surface area (Å²) in [5.41, 5.74) is 0. The molecule has 0 radical (unpaired) electrons. The van der Waals surface area contributed by atoms with Crippen LogP contribution >= 0.6 is 0 Å². The largest absolute Gasteiger partial charge is 1.00 e. The first-order valence-electron chi connectivity index (χ1n) is 2.64. The molecule has 0 aliphatic heterocycles. The summed E-state index contributed by atoms with van der Waals surface area (Å²) in [7, 11) is -2.24. The molecule has 0 spiro atoms. The van der Waals surface area contributed by atoms with Gasteiger partial charge >= 0.3 is 35.7 Å². The van der Waals surface area contributed by atoms with E-state index in [0.717, 1.165) is 0 Å². The maximum absolute atomic E-state index is 11.3. The number of rotatable bonds is 2. The second-order valence-corrected chi connectivity index (χ2v) is 4.16. The third kappa shape index (κ3) is 11.7. The number of hydrogen-bond acceptors (Lipinski definition) is 1. The normalized spacial score (nSPS) is 14.1.